The Balaban J connectivity index is 2.16. The molecule has 2 rings (SSSR count). The summed E-state index contributed by atoms with van der Waals surface area (Å²) < 4.78 is 13.3. The SMILES string of the molecule is CCCCC(=O)N(CC(=O)N(Cc1ccc(F)cc1)Cc1cccs1)[C@H](C)CC. The molecule has 4 nitrogen and oxygen atoms in total. The maximum absolute atomic E-state index is 13.3. The molecule has 1 aromatic heterocycles. The van der Waals surface area contributed by atoms with E-state index in [4.69, 9.17) is 0 Å². The van der Waals surface area contributed by atoms with Gasteiger partial charge in [0, 0.05) is 23.9 Å². The Bertz CT molecular complexity index is 762. The van der Waals surface area contributed by atoms with Crippen LogP contribution in [0.4, 0.5) is 4.39 Å². The molecular weight excluding hydrogens is 387 g/mol. The molecule has 2 aromatic rings. The number of benzene rings is 1. The molecule has 0 spiro atoms. The third-order valence-corrected chi connectivity index (χ3v) is 5.92. The highest BCUT2D eigenvalue weighted by Gasteiger charge is 2.24. The van der Waals surface area contributed by atoms with E-state index in [1.54, 1.807) is 33.3 Å². The predicted octanol–water partition coefficient (Wildman–Crippen LogP) is 5.23. The van der Waals surface area contributed by atoms with E-state index in [2.05, 4.69) is 6.92 Å². The molecule has 158 valence electrons. The fourth-order valence-corrected chi connectivity index (χ4v) is 3.78. The number of hydrogen-bond donors (Lipinski definition) is 0. The van der Waals surface area contributed by atoms with Gasteiger partial charge in [-0.15, -0.1) is 11.3 Å². The Morgan fingerprint density at radius 2 is 1.79 bits per heavy atom. The van der Waals surface area contributed by atoms with Gasteiger partial charge in [0.05, 0.1) is 6.54 Å². The molecule has 0 aliphatic rings. The maximum atomic E-state index is 13.3. The zero-order chi connectivity index (χ0) is 21.2. The van der Waals surface area contributed by atoms with Gasteiger partial charge in [-0.2, -0.15) is 0 Å². The second-order valence-corrected chi connectivity index (χ2v) is 8.37. The largest absolute Gasteiger partial charge is 0.332 e. The summed E-state index contributed by atoms with van der Waals surface area (Å²) in [5.74, 6) is -0.352. The van der Waals surface area contributed by atoms with Gasteiger partial charge in [-0.05, 0) is 48.9 Å². The minimum absolute atomic E-state index is 0.0118. The number of carbonyl (C=O) groups excluding carboxylic acids is 2. The quantitative estimate of drug-likeness (QED) is 0.501. The summed E-state index contributed by atoms with van der Waals surface area (Å²) in [7, 11) is 0. The van der Waals surface area contributed by atoms with E-state index in [-0.39, 0.29) is 30.2 Å². The van der Waals surface area contributed by atoms with E-state index in [9.17, 15) is 14.0 Å². The fraction of sp³-hybridized carbons (Fsp3) is 0.478. The molecule has 0 radical (unpaired) electrons. The van der Waals surface area contributed by atoms with E-state index in [1.165, 1.54) is 12.1 Å². The fourth-order valence-electron chi connectivity index (χ4n) is 3.06. The van der Waals surface area contributed by atoms with E-state index >= 15 is 0 Å². The molecule has 2 amide bonds. The van der Waals surface area contributed by atoms with Crippen molar-refractivity contribution in [3.05, 3.63) is 58.0 Å². The number of thiophene rings is 1. The molecule has 1 aromatic carbocycles. The summed E-state index contributed by atoms with van der Waals surface area (Å²) in [5, 5.41) is 1.98. The van der Waals surface area contributed by atoms with Gasteiger partial charge < -0.3 is 9.80 Å². The van der Waals surface area contributed by atoms with E-state index in [1.807, 2.05) is 31.4 Å². The summed E-state index contributed by atoms with van der Waals surface area (Å²) in [5.41, 5.74) is 0.865. The first-order valence-corrected chi connectivity index (χ1v) is 11.2. The lowest BCUT2D eigenvalue weighted by Gasteiger charge is -2.31. The van der Waals surface area contributed by atoms with Crippen molar-refractivity contribution in [3.8, 4) is 0 Å². The predicted molar refractivity (Wildman–Crippen MR) is 116 cm³/mol. The van der Waals surface area contributed by atoms with Crippen LogP contribution < -0.4 is 0 Å². The topological polar surface area (TPSA) is 40.6 Å². The summed E-state index contributed by atoms with van der Waals surface area (Å²) in [6.45, 7) is 7.00. The molecule has 6 heteroatoms. The molecule has 1 atom stereocenters. The van der Waals surface area contributed by atoms with Gasteiger partial charge in [0.25, 0.3) is 0 Å². The second kappa shape index (κ2) is 11.7. The molecule has 1 heterocycles. The van der Waals surface area contributed by atoms with Gasteiger partial charge in [-0.3, -0.25) is 9.59 Å². The van der Waals surface area contributed by atoms with Crippen LogP contribution in [0.25, 0.3) is 0 Å². The zero-order valence-electron chi connectivity index (χ0n) is 17.6. The van der Waals surface area contributed by atoms with Crippen LogP contribution in [0.1, 0.15) is 56.9 Å². The molecule has 0 N–H and O–H groups in total. The molecule has 0 aliphatic carbocycles. The summed E-state index contributed by atoms with van der Waals surface area (Å²) >= 11 is 1.59. The third kappa shape index (κ3) is 7.28. The Kier molecular flexibility index (Phi) is 9.32. The van der Waals surface area contributed by atoms with E-state index < -0.39 is 0 Å². The van der Waals surface area contributed by atoms with Gasteiger partial charge in [0.1, 0.15) is 12.4 Å². The molecule has 0 saturated carbocycles. The summed E-state index contributed by atoms with van der Waals surface area (Å²) in [6, 6.07) is 10.2. The van der Waals surface area contributed by atoms with Crippen LogP contribution in [0.15, 0.2) is 41.8 Å². The van der Waals surface area contributed by atoms with E-state index in [0.29, 0.717) is 19.5 Å². The first-order valence-electron chi connectivity index (χ1n) is 10.3. The van der Waals surface area contributed by atoms with Crippen LogP contribution in [0.2, 0.25) is 0 Å². The number of rotatable bonds is 11. The number of nitrogens with zero attached hydrogens (tertiary/aromatic N) is 2. The van der Waals surface area contributed by atoms with Crippen molar-refractivity contribution >= 4 is 23.2 Å². The van der Waals surface area contributed by atoms with Crippen molar-refractivity contribution in [2.45, 2.75) is 65.6 Å². The minimum atomic E-state index is -0.297. The molecule has 0 unspecified atom stereocenters. The number of hydrogen-bond acceptors (Lipinski definition) is 3. The molecular formula is C23H31FN2O2S. The minimum Gasteiger partial charge on any atom is -0.332 e. The van der Waals surface area contributed by atoms with Crippen molar-refractivity contribution in [1.82, 2.24) is 9.80 Å². The molecule has 0 aliphatic heterocycles. The Hall–Kier alpha value is -2.21. The van der Waals surface area contributed by atoms with Crippen molar-refractivity contribution in [1.29, 1.82) is 0 Å². The Labute approximate surface area is 177 Å². The van der Waals surface area contributed by atoms with Crippen LogP contribution in [-0.4, -0.2) is 34.2 Å². The zero-order valence-corrected chi connectivity index (χ0v) is 18.4. The number of amides is 2. The standard InChI is InChI=1S/C23H31FN2O2S/c1-4-6-9-22(27)26(18(3)5-2)17-23(28)25(16-21-8-7-14-29-21)15-19-10-12-20(24)13-11-19/h7-8,10-14,18H,4-6,9,15-17H2,1-3H3/t18-/m1/s1. The molecule has 29 heavy (non-hydrogen) atoms. The van der Waals surface area contributed by atoms with E-state index in [0.717, 1.165) is 29.7 Å². The Morgan fingerprint density at radius 3 is 2.38 bits per heavy atom. The van der Waals surface area contributed by atoms with Crippen LogP contribution in [0, 0.1) is 5.82 Å². The van der Waals surface area contributed by atoms with Crippen molar-refractivity contribution in [2.75, 3.05) is 6.54 Å². The molecule has 0 fully saturated rings. The van der Waals surface area contributed by atoms with Crippen molar-refractivity contribution < 1.29 is 14.0 Å². The summed E-state index contributed by atoms with van der Waals surface area (Å²) in [4.78, 5) is 30.4. The normalized spacial score (nSPS) is 11.9. The molecule has 0 saturated heterocycles. The maximum Gasteiger partial charge on any atom is 0.242 e. The van der Waals surface area contributed by atoms with Crippen molar-refractivity contribution in [3.63, 3.8) is 0 Å². The van der Waals surface area contributed by atoms with Crippen LogP contribution >= 0.6 is 11.3 Å². The van der Waals surface area contributed by atoms with Gasteiger partial charge in [0.2, 0.25) is 11.8 Å². The average molecular weight is 419 g/mol. The lowest BCUT2D eigenvalue weighted by Crippen LogP contribution is -2.46. The first kappa shape index (κ1) is 23.1. The third-order valence-electron chi connectivity index (χ3n) is 5.06. The second-order valence-electron chi connectivity index (χ2n) is 7.34. The average Bonchev–Trinajstić information content (AvgIpc) is 3.23. The number of carbonyl (C=O) groups is 2. The highest BCUT2D eigenvalue weighted by molar-refractivity contribution is 7.09. The number of halogens is 1. The highest BCUT2D eigenvalue weighted by Crippen LogP contribution is 2.17. The van der Waals surface area contributed by atoms with Crippen LogP contribution in [0.5, 0.6) is 0 Å². The van der Waals surface area contributed by atoms with Gasteiger partial charge in [0.15, 0.2) is 0 Å². The van der Waals surface area contributed by atoms with Gasteiger partial charge >= 0.3 is 0 Å². The van der Waals surface area contributed by atoms with Gasteiger partial charge in [-0.25, -0.2) is 4.39 Å². The smallest absolute Gasteiger partial charge is 0.242 e. The number of unbranched alkanes of at least 4 members (excludes halogenated alkanes) is 1. The first-order chi connectivity index (χ1) is 13.9. The van der Waals surface area contributed by atoms with Gasteiger partial charge in [-0.1, -0.05) is 38.5 Å². The summed E-state index contributed by atoms with van der Waals surface area (Å²) in [6.07, 6.45) is 3.04. The lowest BCUT2D eigenvalue weighted by atomic mass is 10.1. The monoisotopic (exact) mass is 418 g/mol. The lowest BCUT2D eigenvalue weighted by molar-refractivity contribution is -0.143. The van der Waals surface area contributed by atoms with Crippen molar-refractivity contribution in [2.24, 2.45) is 0 Å². The highest BCUT2D eigenvalue weighted by atomic mass is 32.1. The van der Waals surface area contributed by atoms with Crippen LogP contribution in [-0.2, 0) is 22.7 Å². The van der Waals surface area contributed by atoms with Crippen LogP contribution in [0.3, 0.4) is 0 Å². The Morgan fingerprint density at radius 1 is 1.07 bits per heavy atom. The molecule has 0 bridgehead atoms.